The van der Waals surface area contributed by atoms with Gasteiger partial charge in [0.1, 0.15) is 0 Å². The van der Waals surface area contributed by atoms with Crippen LogP contribution in [0, 0.1) is 0 Å². The van der Waals surface area contributed by atoms with E-state index in [9.17, 15) is 4.79 Å². The number of aryl methyl sites for hydroxylation is 1. The van der Waals surface area contributed by atoms with Gasteiger partial charge in [0.2, 0.25) is 5.91 Å². The number of benzene rings is 1. The molecule has 110 valence electrons. The van der Waals surface area contributed by atoms with Crippen LogP contribution in [0.5, 0.6) is 0 Å². The highest BCUT2D eigenvalue weighted by Gasteiger charge is 2.31. The van der Waals surface area contributed by atoms with Gasteiger partial charge in [0.15, 0.2) is 0 Å². The number of hydrogen-bond donors (Lipinski definition) is 2. The molecular formula is C15H19N5O. The first kappa shape index (κ1) is 13.9. The molecule has 3 atom stereocenters. The van der Waals surface area contributed by atoms with Crippen LogP contribution in [0.2, 0.25) is 0 Å². The van der Waals surface area contributed by atoms with Crippen LogP contribution in [0.15, 0.2) is 29.4 Å². The maximum atomic E-state index is 12.4. The Balaban J connectivity index is 1.65. The molecule has 6 heteroatoms. The Bertz CT molecular complexity index is 581. The number of amides is 1. The lowest BCUT2D eigenvalue weighted by Crippen LogP contribution is -2.42. The molecule has 1 amide bonds. The zero-order valence-electron chi connectivity index (χ0n) is 11.8. The van der Waals surface area contributed by atoms with Gasteiger partial charge in [0.25, 0.3) is 0 Å². The Kier molecular flexibility index (Phi) is 4.08. The highest BCUT2D eigenvalue weighted by atomic mass is 16.2. The van der Waals surface area contributed by atoms with Crippen LogP contribution in [0.1, 0.15) is 36.4 Å². The third-order valence-electron chi connectivity index (χ3n) is 4.32. The van der Waals surface area contributed by atoms with Gasteiger partial charge >= 0.3 is 0 Å². The highest BCUT2D eigenvalue weighted by Crippen LogP contribution is 2.29. The second-order valence-corrected chi connectivity index (χ2v) is 5.71. The van der Waals surface area contributed by atoms with Crippen molar-refractivity contribution in [1.29, 1.82) is 0 Å². The number of fused-ring (bicyclic) bond motifs is 1. The highest BCUT2D eigenvalue weighted by molar-refractivity contribution is 5.82. The van der Waals surface area contributed by atoms with Crippen LogP contribution in [0.25, 0.3) is 10.4 Å². The molecule has 1 fully saturated rings. The molecule has 1 aliphatic carbocycles. The monoisotopic (exact) mass is 285 g/mol. The Morgan fingerprint density at radius 1 is 1.43 bits per heavy atom. The summed E-state index contributed by atoms with van der Waals surface area (Å²) >= 11 is 0. The number of nitrogens with one attached hydrogen (secondary N) is 2. The number of rotatable bonds is 3. The van der Waals surface area contributed by atoms with E-state index in [1.54, 1.807) is 0 Å². The molecule has 1 aromatic rings. The van der Waals surface area contributed by atoms with E-state index >= 15 is 0 Å². The predicted molar refractivity (Wildman–Crippen MR) is 79.6 cm³/mol. The molecule has 1 saturated heterocycles. The number of nitrogens with zero attached hydrogens (tertiary/aromatic N) is 3. The third kappa shape index (κ3) is 3.01. The van der Waals surface area contributed by atoms with Crippen LogP contribution in [0.4, 0.5) is 0 Å². The van der Waals surface area contributed by atoms with E-state index in [0.717, 1.165) is 19.3 Å². The van der Waals surface area contributed by atoms with Gasteiger partial charge in [0.05, 0.1) is 18.1 Å². The first-order valence-electron chi connectivity index (χ1n) is 7.43. The fraction of sp³-hybridized carbons (Fsp3) is 0.533. The molecule has 0 saturated carbocycles. The summed E-state index contributed by atoms with van der Waals surface area (Å²) in [5, 5.41) is 9.95. The zero-order chi connectivity index (χ0) is 14.7. The summed E-state index contributed by atoms with van der Waals surface area (Å²) in [6, 6.07) is 8.03. The van der Waals surface area contributed by atoms with Crippen molar-refractivity contribution in [2.45, 2.75) is 43.8 Å². The van der Waals surface area contributed by atoms with E-state index in [1.807, 2.05) is 12.1 Å². The lowest BCUT2D eigenvalue weighted by Gasteiger charge is -2.27. The summed E-state index contributed by atoms with van der Waals surface area (Å²) < 4.78 is 0. The van der Waals surface area contributed by atoms with E-state index in [2.05, 4.69) is 32.8 Å². The van der Waals surface area contributed by atoms with Gasteiger partial charge in [-0.25, -0.2) is 0 Å². The Hall–Kier alpha value is -2.04. The minimum atomic E-state index is -0.255. The van der Waals surface area contributed by atoms with Crippen molar-refractivity contribution in [2.24, 2.45) is 5.11 Å². The Morgan fingerprint density at radius 3 is 3.14 bits per heavy atom. The summed E-state index contributed by atoms with van der Waals surface area (Å²) in [6.07, 6.45) is 3.74. The van der Waals surface area contributed by atoms with Gasteiger partial charge < -0.3 is 10.6 Å². The maximum Gasteiger partial charge on any atom is 0.237 e. The summed E-state index contributed by atoms with van der Waals surface area (Å²) in [4.78, 5) is 15.2. The van der Waals surface area contributed by atoms with Crippen molar-refractivity contribution in [1.82, 2.24) is 10.6 Å². The molecule has 1 heterocycles. The fourth-order valence-electron chi connectivity index (χ4n) is 3.25. The van der Waals surface area contributed by atoms with E-state index in [1.165, 1.54) is 11.1 Å². The molecule has 0 aromatic heterocycles. The van der Waals surface area contributed by atoms with Crippen molar-refractivity contribution >= 4 is 5.91 Å². The molecular weight excluding hydrogens is 266 g/mol. The van der Waals surface area contributed by atoms with Gasteiger partial charge in [-0.1, -0.05) is 29.4 Å². The largest absolute Gasteiger partial charge is 0.348 e. The molecule has 21 heavy (non-hydrogen) atoms. The first-order valence-corrected chi connectivity index (χ1v) is 7.43. The minimum Gasteiger partial charge on any atom is -0.348 e. The summed E-state index contributed by atoms with van der Waals surface area (Å²) in [7, 11) is 0. The molecule has 0 spiro atoms. The van der Waals surface area contributed by atoms with Gasteiger partial charge in [-0.15, -0.1) is 0 Å². The van der Waals surface area contributed by atoms with Gasteiger partial charge in [-0.3, -0.25) is 4.79 Å². The quantitative estimate of drug-likeness (QED) is 0.506. The molecule has 0 bridgehead atoms. The normalized spacial score (nSPS) is 27.5. The number of hydrogen-bond acceptors (Lipinski definition) is 3. The third-order valence-corrected chi connectivity index (χ3v) is 4.32. The van der Waals surface area contributed by atoms with E-state index in [4.69, 9.17) is 5.53 Å². The van der Waals surface area contributed by atoms with Crippen LogP contribution in [-0.4, -0.2) is 24.5 Å². The van der Waals surface area contributed by atoms with Crippen molar-refractivity contribution in [3.8, 4) is 0 Å². The second-order valence-electron chi connectivity index (χ2n) is 5.71. The Morgan fingerprint density at radius 2 is 2.29 bits per heavy atom. The second kappa shape index (κ2) is 6.16. The van der Waals surface area contributed by atoms with Crippen molar-refractivity contribution < 1.29 is 4.79 Å². The molecule has 6 nitrogen and oxygen atoms in total. The molecule has 1 aromatic carbocycles. The van der Waals surface area contributed by atoms with Crippen LogP contribution < -0.4 is 10.6 Å². The molecule has 3 rings (SSSR count). The standard InChI is InChI=1S/C15H19N5O/c16-20-19-11-8-14(17-9-11)15(21)18-13-7-3-5-10-4-1-2-6-12(10)13/h1-2,4,6,11,13-14,17H,3,5,7-9H2,(H,18,21)/t11-,13+,14-/m0/s1. The van der Waals surface area contributed by atoms with Crippen molar-refractivity contribution in [2.75, 3.05) is 6.54 Å². The smallest absolute Gasteiger partial charge is 0.237 e. The Labute approximate surface area is 123 Å². The van der Waals surface area contributed by atoms with Gasteiger partial charge in [-0.2, -0.15) is 0 Å². The van der Waals surface area contributed by atoms with Crippen molar-refractivity contribution in [3.63, 3.8) is 0 Å². The van der Waals surface area contributed by atoms with Gasteiger partial charge in [0, 0.05) is 11.5 Å². The van der Waals surface area contributed by atoms with E-state index < -0.39 is 0 Å². The fourth-order valence-corrected chi connectivity index (χ4v) is 3.25. The molecule has 2 aliphatic rings. The molecule has 0 radical (unpaired) electrons. The topological polar surface area (TPSA) is 89.9 Å². The van der Waals surface area contributed by atoms with Gasteiger partial charge in [-0.05, 0) is 42.3 Å². The predicted octanol–water partition coefficient (Wildman–Crippen LogP) is 2.22. The summed E-state index contributed by atoms with van der Waals surface area (Å²) in [5.41, 5.74) is 11.0. The SMILES string of the molecule is [N-]=[N+]=N[C@@H]1CN[C@H](C(=O)N[C@@H]2CCCc3ccccc32)C1. The summed E-state index contributed by atoms with van der Waals surface area (Å²) in [5.74, 6) is 0.00680. The average Bonchev–Trinajstić information content (AvgIpc) is 2.97. The van der Waals surface area contributed by atoms with E-state index in [0.29, 0.717) is 13.0 Å². The van der Waals surface area contributed by atoms with E-state index in [-0.39, 0.29) is 24.0 Å². The van der Waals surface area contributed by atoms with Crippen LogP contribution in [-0.2, 0) is 11.2 Å². The number of carbonyl (C=O) groups is 1. The first-order chi connectivity index (χ1) is 10.3. The van der Waals surface area contributed by atoms with Crippen LogP contribution >= 0.6 is 0 Å². The zero-order valence-corrected chi connectivity index (χ0v) is 11.8. The molecule has 0 unspecified atom stereocenters. The number of azide groups is 1. The molecule has 2 N–H and O–H groups in total. The van der Waals surface area contributed by atoms with Crippen molar-refractivity contribution in [3.05, 3.63) is 45.8 Å². The van der Waals surface area contributed by atoms with Crippen LogP contribution in [0.3, 0.4) is 0 Å². The lowest BCUT2D eigenvalue weighted by atomic mass is 9.87. The minimum absolute atomic E-state index is 0.00680. The lowest BCUT2D eigenvalue weighted by molar-refractivity contribution is -0.123. The maximum absolute atomic E-state index is 12.4. The average molecular weight is 285 g/mol. The summed E-state index contributed by atoms with van der Waals surface area (Å²) in [6.45, 7) is 0.573. The number of carbonyl (C=O) groups excluding carboxylic acids is 1. The molecule has 1 aliphatic heterocycles.